The molecule has 0 amide bonds. The first-order valence-corrected chi connectivity index (χ1v) is 4.79. The molecule has 1 heteroatoms. The summed E-state index contributed by atoms with van der Waals surface area (Å²) in [4.78, 5) is 0. The van der Waals surface area contributed by atoms with Crippen LogP contribution in [0.1, 0.15) is 34.6 Å². The fourth-order valence-corrected chi connectivity index (χ4v) is 1.53. The molecule has 1 rings (SSSR count). The molecule has 2 atom stereocenters. The Morgan fingerprint density at radius 1 is 1.18 bits per heavy atom. The van der Waals surface area contributed by atoms with Crippen LogP contribution in [0, 0.1) is 17.8 Å². The van der Waals surface area contributed by atoms with E-state index in [0.29, 0.717) is 0 Å². The number of ether oxygens (including phenoxy) is 1. The van der Waals surface area contributed by atoms with Gasteiger partial charge in [0.25, 0.3) is 0 Å². The fraction of sp³-hybridized carbons (Fsp3) is 1.00. The Balaban J connectivity index is 0.000000461. The van der Waals surface area contributed by atoms with E-state index in [1.807, 2.05) is 13.8 Å². The van der Waals surface area contributed by atoms with Crippen molar-refractivity contribution in [3.63, 3.8) is 0 Å². The van der Waals surface area contributed by atoms with Crippen molar-refractivity contribution in [3.05, 3.63) is 0 Å². The SMILES string of the molecule is CC.CC(C)C1COCC1C. The Morgan fingerprint density at radius 2 is 1.73 bits per heavy atom. The van der Waals surface area contributed by atoms with Gasteiger partial charge in [0.05, 0.1) is 0 Å². The Bertz CT molecular complexity index is 88.9. The normalized spacial score (nSPS) is 30.0. The summed E-state index contributed by atoms with van der Waals surface area (Å²) in [5.74, 6) is 2.39. The van der Waals surface area contributed by atoms with Gasteiger partial charge in [0.15, 0.2) is 0 Å². The molecule has 1 aliphatic rings. The zero-order valence-electron chi connectivity index (χ0n) is 8.55. The lowest BCUT2D eigenvalue weighted by atomic mass is 9.88. The summed E-state index contributed by atoms with van der Waals surface area (Å²) in [6.07, 6.45) is 0. The van der Waals surface area contributed by atoms with Gasteiger partial charge in [0, 0.05) is 13.2 Å². The van der Waals surface area contributed by atoms with Gasteiger partial charge in [-0.2, -0.15) is 0 Å². The van der Waals surface area contributed by atoms with Crippen LogP contribution in [0.5, 0.6) is 0 Å². The summed E-state index contributed by atoms with van der Waals surface area (Å²) < 4.78 is 5.33. The van der Waals surface area contributed by atoms with E-state index in [1.165, 1.54) is 0 Å². The highest BCUT2D eigenvalue weighted by Gasteiger charge is 2.26. The minimum atomic E-state index is 0.782. The topological polar surface area (TPSA) is 9.23 Å². The highest BCUT2D eigenvalue weighted by Crippen LogP contribution is 2.26. The molecule has 1 nitrogen and oxygen atoms in total. The third-order valence-corrected chi connectivity index (χ3v) is 2.28. The lowest BCUT2D eigenvalue weighted by molar-refractivity contribution is 0.175. The first-order valence-electron chi connectivity index (χ1n) is 4.79. The second-order valence-electron chi connectivity index (χ2n) is 3.42. The van der Waals surface area contributed by atoms with Gasteiger partial charge in [-0.15, -0.1) is 0 Å². The van der Waals surface area contributed by atoms with Crippen molar-refractivity contribution in [2.24, 2.45) is 17.8 Å². The second kappa shape index (κ2) is 5.59. The Labute approximate surface area is 71.1 Å². The average Bonchev–Trinajstić information content (AvgIpc) is 2.39. The van der Waals surface area contributed by atoms with Gasteiger partial charge < -0.3 is 4.74 Å². The molecule has 0 N–H and O–H groups in total. The second-order valence-corrected chi connectivity index (χ2v) is 3.42. The van der Waals surface area contributed by atoms with Gasteiger partial charge in [0.2, 0.25) is 0 Å². The lowest BCUT2D eigenvalue weighted by Gasteiger charge is -2.16. The lowest BCUT2D eigenvalue weighted by Crippen LogP contribution is -2.14. The van der Waals surface area contributed by atoms with E-state index in [1.54, 1.807) is 0 Å². The maximum Gasteiger partial charge on any atom is 0.0500 e. The van der Waals surface area contributed by atoms with Crippen molar-refractivity contribution in [3.8, 4) is 0 Å². The Kier molecular flexibility index (Phi) is 5.57. The molecule has 0 aromatic rings. The molecule has 0 radical (unpaired) electrons. The van der Waals surface area contributed by atoms with E-state index in [-0.39, 0.29) is 0 Å². The van der Waals surface area contributed by atoms with E-state index in [2.05, 4.69) is 20.8 Å². The maximum absolute atomic E-state index is 5.33. The van der Waals surface area contributed by atoms with Crippen LogP contribution in [-0.2, 0) is 4.74 Å². The molecule has 1 saturated heterocycles. The highest BCUT2D eigenvalue weighted by atomic mass is 16.5. The predicted octanol–water partition coefficient (Wildman–Crippen LogP) is 2.95. The largest absolute Gasteiger partial charge is 0.381 e. The average molecular weight is 158 g/mol. The smallest absolute Gasteiger partial charge is 0.0500 e. The zero-order valence-corrected chi connectivity index (χ0v) is 8.55. The van der Waals surface area contributed by atoms with Crippen LogP contribution >= 0.6 is 0 Å². The van der Waals surface area contributed by atoms with Gasteiger partial charge in [-0.3, -0.25) is 0 Å². The van der Waals surface area contributed by atoms with Gasteiger partial charge in [-0.25, -0.2) is 0 Å². The molecule has 0 saturated carbocycles. The van der Waals surface area contributed by atoms with Crippen molar-refractivity contribution in [1.29, 1.82) is 0 Å². The third-order valence-electron chi connectivity index (χ3n) is 2.28. The first kappa shape index (κ1) is 11.0. The fourth-order valence-electron chi connectivity index (χ4n) is 1.53. The van der Waals surface area contributed by atoms with E-state index >= 15 is 0 Å². The van der Waals surface area contributed by atoms with Crippen molar-refractivity contribution in [2.75, 3.05) is 13.2 Å². The molecule has 0 aromatic heterocycles. The quantitative estimate of drug-likeness (QED) is 0.570. The van der Waals surface area contributed by atoms with Gasteiger partial charge in [-0.05, 0) is 17.8 Å². The Hall–Kier alpha value is -0.0400. The molecule has 0 aliphatic carbocycles. The van der Waals surface area contributed by atoms with E-state index in [9.17, 15) is 0 Å². The van der Waals surface area contributed by atoms with Crippen molar-refractivity contribution in [2.45, 2.75) is 34.6 Å². The molecule has 1 fully saturated rings. The molecule has 68 valence electrons. The van der Waals surface area contributed by atoms with E-state index < -0.39 is 0 Å². The van der Waals surface area contributed by atoms with Crippen molar-refractivity contribution in [1.82, 2.24) is 0 Å². The monoisotopic (exact) mass is 158 g/mol. The standard InChI is InChI=1S/C8H16O.C2H6/c1-6(2)8-5-9-4-7(8)3;1-2/h6-8H,4-5H2,1-3H3;1-2H3. The highest BCUT2D eigenvalue weighted by molar-refractivity contribution is 4.73. The molecule has 2 unspecified atom stereocenters. The number of hydrogen-bond donors (Lipinski definition) is 0. The van der Waals surface area contributed by atoms with Crippen LogP contribution in [0.15, 0.2) is 0 Å². The van der Waals surface area contributed by atoms with Crippen LogP contribution in [0.2, 0.25) is 0 Å². The molecule has 1 aliphatic heterocycles. The van der Waals surface area contributed by atoms with E-state index in [4.69, 9.17) is 4.74 Å². The van der Waals surface area contributed by atoms with E-state index in [0.717, 1.165) is 31.0 Å². The predicted molar refractivity (Wildman–Crippen MR) is 49.7 cm³/mol. The summed E-state index contributed by atoms with van der Waals surface area (Å²) in [5.41, 5.74) is 0. The van der Waals surface area contributed by atoms with Crippen LogP contribution in [0.4, 0.5) is 0 Å². The van der Waals surface area contributed by atoms with Crippen molar-refractivity contribution < 1.29 is 4.74 Å². The molecule has 0 bridgehead atoms. The zero-order chi connectivity index (χ0) is 8.85. The molecular formula is C10H22O. The minimum Gasteiger partial charge on any atom is -0.381 e. The molecule has 0 aromatic carbocycles. The molecule has 0 spiro atoms. The van der Waals surface area contributed by atoms with Gasteiger partial charge in [0.1, 0.15) is 0 Å². The van der Waals surface area contributed by atoms with Crippen LogP contribution in [0.25, 0.3) is 0 Å². The first-order chi connectivity index (χ1) is 5.22. The van der Waals surface area contributed by atoms with Crippen molar-refractivity contribution >= 4 is 0 Å². The number of hydrogen-bond acceptors (Lipinski definition) is 1. The summed E-state index contributed by atoms with van der Waals surface area (Å²) >= 11 is 0. The maximum atomic E-state index is 5.33. The van der Waals surface area contributed by atoms with Crippen LogP contribution in [0.3, 0.4) is 0 Å². The molecule has 1 heterocycles. The minimum absolute atomic E-state index is 0.782. The third kappa shape index (κ3) is 3.24. The molecular weight excluding hydrogens is 136 g/mol. The summed E-state index contributed by atoms with van der Waals surface area (Å²) in [5, 5.41) is 0. The van der Waals surface area contributed by atoms with Crippen LogP contribution in [-0.4, -0.2) is 13.2 Å². The summed E-state index contributed by atoms with van der Waals surface area (Å²) in [6.45, 7) is 12.8. The number of rotatable bonds is 1. The van der Waals surface area contributed by atoms with Gasteiger partial charge in [-0.1, -0.05) is 34.6 Å². The molecule has 11 heavy (non-hydrogen) atoms. The van der Waals surface area contributed by atoms with Crippen LogP contribution < -0.4 is 0 Å². The van der Waals surface area contributed by atoms with Gasteiger partial charge >= 0.3 is 0 Å². The Morgan fingerprint density at radius 3 is 1.91 bits per heavy atom. The summed E-state index contributed by atoms with van der Waals surface area (Å²) in [6, 6.07) is 0. The summed E-state index contributed by atoms with van der Waals surface area (Å²) in [7, 11) is 0.